The van der Waals surface area contributed by atoms with Crippen LogP contribution in [0.5, 0.6) is 0 Å². The molecule has 2 aromatic heterocycles. The van der Waals surface area contributed by atoms with Crippen LogP contribution in [0.4, 0.5) is 0 Å². The lowest BCUT2D eigenvalue weighted by Crippen LogP contribution is -2.20. The van der Waals surface area contributed by atoms with Gasteiger partial charge in [-0.15, -0.1) is 0 Å². The van der Waals surface area contributed by atoms with Crippen molar-refractivity contribution < 1.29 is 0 Å². The standard InChI is InChI=1S/C10H14N4O/c1-3-4-5-14-6-11-8-7(2)12-13-9(8)10(14)15/h6H,3-5H2,1-2H3,(H,12,13). The predicted octanol–water partition coefficient (Wildman–Crippen LogP) is 1.23. The Balaban J connectivity index is 2.51. The van der Waals surface area contributed by atoms with Gasteiger partial charge in [-0.2, -0.15) is 5.10 Å². The lowest BCUT2D eigenvalue weighted by atomic mass is 10.3. The number of nitrogens with one attached hydrogen (secondary N) is 1. The molecule has 0 spiro atoms. The average Bonchev–Trinajstić information content (AvgIpc) is 2.61. The van der Waals surface area contributed by atoms with Gasteiger partial charge < -0.3 is 0 Å². The molecule has 2 rings (SSSR count). The zero-order valence-corrected chi connectivity index (χ0v) is 8.95. The minimum absolute atomic E-state index is 0.0576. The van der Waals surface area contributed by atoms with E-state index in [0.717, 1.165) is 18.5 Å². The van der Waals surface area contributed by atoms with E-state index in [1.54, 1.807) is 10.9 Å². The lowest BCUT2D eigenvalue weighted by Gasteiger charge is -2.02. The number of aromatic nitrogens is 4. The summed E-state index contributed by atoms with van der Waals surface area (Å²) in [6, 6.07) is 0. The number of hydrogen-bond acceptors (Lipinski definition) is 3. The number of aryl methyl sites for hydroxylation is 2. The summed E-state index contributed by atoms with van der Waals surface area (Å²) in [6.45, 7) is 4.66. The number of unbranched alkanes of at least 4 members (excludes halogenated alkanes) is 1. The van der Waals surface area contributed by atoms with E-state index in [4.69, 9.17) is 0 Å². The molecule has 5 heteroatoms. The van der Waals surface area contributed by atoms with Crippen LogP contribution >= 0.6 is 0 Å². The van der Waals surface area contributed by atoms with E-state index in [9.17, 15) is 4.79 Å². The SMILES string of the molecule is CCCCn1cnc2c(C)[nH]nc2c1=O. The minimum Gasteiger partial charge on any atom is -0.297 e. The van der Waals surface area contributed by atoms with Gasteiger partial charge in [0.1, 0.15) is 5.52 Å². The van der Waals surface area contributed by atoms with Crippen LogP contribution in [0, 0.1) is 6.92 Å². The fraction of sp³-hybridized carbons (Fsp3) is 0.500. The maximum absolute atomic E-state index is 11.9. The number of H-pyrrole nitrogens is 1. The fourth-order valence-corrected chi connectivity index (χ4v) is 1.53. The van der Waals surface area contributed by atoms with Crippen molar-refractivity contribution in [2.24, 2.45) is 0 Å². The minimum atomic E-state index is -0.0576. The summed E-state index contributed by atoms with van der Waals surface area (Å²) in [7, 11) is 0. The van der Waals surface area contributed by atoms with Gasteiger partial charge in [-0.1, -0.05) is 13.3 Å². The van der Waals surface area contributed by atoms with Crippen LogP contribution in [0.3, 0.4) is 0 Å². The zero-order valence-electron chi connectivity index (χ0n) is 8.95. The van der Waals surface area contributed by atoms with Gasteiger partial charge in [0.2, 0.25) is 0 Å². The Labute approximate surface area is 87.1 Å². The van der Waals surface area contributed by atoms with Crippen molar-refractivity contribution in [3.8, 4) is 0 Å². The van der Waals surface area contributed by atoms with Crippen molar-refractivity contribution in [1.29, 1.82) is 0 Å². The molecule has 2 aromatic rings. The summed E-state index contributed by atoms with van der Waals surface area (Å²) in [5, 5.41) is 6.74. The summed E-state index contributed by atoms with van der Waals surface area (Å²) in [5.41, 5.74) is 1.89. The van der Waals surface area contributed by atoms with Gasteiger partial charge in [-0.25, -0.2) is 4.98 Å². The average molecular weight is 206 g/mol. The summed E-state index contributed by atoms with van der Waals surface area (Å²) in [6.07, 6.45) is 3.64. The van der Waals surface area contributed by atoms with E-state index in [-0.39, 0.29) is 5.56 Å². The Hall–Kier alpha value is -1.65. The number of nitrogens with zero attached hydrogens (tertiary/aromatic N) is 3. The smallest absolute Gasteiger partial charge is 0.281 e. The fourth-order valence-electron chi connectivity index (χ4n) is 1.53. The molecule has 0 bridgehead atoms. The topological polar surface area (TPSA) is 63.6 Å². The predicted molar refractivity (Wildman–Crippen MR) is 57.8 cm³/mol. The molecule has 80 valence electrons. The summed E-state index contributed by atoms with van der Waals surface area (Å²) < 4.78 is 1.62. The summed E-state index contributed by atoms with van der Waals surface area (Å²) >= 11 is 0. The van der Waals surface area contributed by atoms with Crippen molar-refractivity contribution >= 4 is 11.0 Å². The van der Waals surface area contributed by atoms with Crippen LogP contribution in [0.15, 0.2) is 11.1 Å². The Kier molecular flexibility index (Phi) is 2.53. The molecular formula is C10H14N4O. The molecule has 15 heavy (non-hydrogen) atoms. The van der Waals surface area contributed by atoms with Crippen molar-refractivity contribution in [2.45, 2.75) is 33.2 Å². The molecule has 0 saturated carbocycles. The third kappa shape index (κ3) is 1.65. The van der Waals surface area contributed by atoms with E-state index < -0.39 is 0 Å². The van der Waals surface area contributed by atoms with Gasteiger partial charge in [0.15, 0.2) is 5.52 Å². The quantitative estimate of drug-likeness (QED) is 0.821. The van der Waals surface area contributed by atoms with Gasteiger partial charge >= 0.3 is 0 Å². The largest absolute Gasteiger partial charge is 0.297 e. The van der Waals surface area contributed by atoms with Gasteiger partial charge in [-0.05, 0) is 13.3 Å². The molecular weight excluding hydrogens is 192 g/mol. The first-order valence-electron chi connectivity index (χ1n) is 5.14. The first-order valence-corrected chi connectivity index (χ1v) is 5.14. The molecule has 0 aliphatic carbocycles. The number of rotatable bonds is 3. The molecule has 0 aromatic carbocycles. The highest BCUT2D eigenvalue weighted by Gasteiger charge is 2.08. The van der Waals surface area contributed by atoms with Gasteiger partial charge in [0.25, 0.3) is 5.56 Å². The zero-order chi connectivity index (χ0) is 10.8. The Morgan fingerprint density at radius 1 is 1.47 bits per heavy atom. The molecule has 0 saturated heterocycles. The van der Waals surface area contributed by atoms with Crippen LogP contribution in [0.1, 0.15) is 25.5 Å². The molecule has 0 unspecified atom stereocenters. The number of hydrogen-bond donors (Lipinski definition) is 1. The van der Waals surface area contributed by atoms with Gasteiger partial charge in [-0.3, -0.25) is 14.5 Å². The third-order valence-electron chi connectivity index (χ3n) is 2.46. The molecule has 0 atom stereocenters. The highest BCUT2D eigenvalue weighted by atomic mass is 16.1. The molecule has 1 N–H and O–H groups in total. The first kappa shape index (κ1) is 9.89. The molecule has 5 nitrogen and oxygen atoms in total. The number of aromatic amines is 1. The van der Waals surface area contributed by atoms with Crippen molar-refractivity contribution in [2.75, 3.05) is 0 Å². The van der Waals surface area contributed by atoms with E-state index in [1.807, 2.05) is 6.92 Å². The van der Waals surface area contributed by atoms with E-state index >= 15 is 0 Å². The van der Waals surface area contributed by atoms with Gasteiger partial charge in [0.05, 0.1) is 12.0 Å². The Morgan fingerprint density at radius 2 is 2.27 bits per heavy atom. The van der Waals surface area contributed by atoms with E-state index in [0.29, 0.717) is 17.6 Å². The Bertz CT molecular complexity index is 526. The molecule has 0 fully saturated rings. The molecule has 0 aliphatic heterocycles. The van der Waals surface area contributed by atoms with Crippen molar-refractivity contribution in [3.05, 3.63) is 22.4 Å². The maximum Gasteiger partial charge on any atom is 0.281 e. The molecule has 0 aliphatic rings. The third-order valence-corrected chi connectivity index (χ3v) is 2.46. The second-order valence-corrected chi connectivity index (χ2v) is 3.64. The highest BCUT2D eigenvalue weighted by Crippen LogP contribution is 2.06. The maximum atomic E-state index is 11.9. The van der Waals surface area contributed by atoms with Crippen LogP contribution in [-0.2, 0) is 6.54 Å². The lowest BCUT2D eigenvalue weighted by molar-refractivity contribution is 0.608. The monoisotopic (exact) mass is 206 g/mol. The van der Waals surface area contributed by atoms with E-state index in [2.05, 4.69) is 22.1 Å². The van der Waals surface area contributed by atoms with Crippen LogP contribution in [0.25, 0.3) is 11.0 Å². The van der Waals surface area contributed by atoms with Gasteiger partial charge in [0, 0.05) is 6.54 Å². The summed E-state index contributed by atoms with van der Waals surface area (Å²) in [5.74, 6) is 0. The van der Waals surface area contributed by atoms with Crippen LogP contribution in [-0.4, -0.2) is 19.7 Å². The van der Waals surface area contributed by atoms with Crippen molar-refractivity contribution in [3.63, 3.8) is 0 Å². The van der Waals surface area contributed by atoms with Crippen LogP contribution in [0.2, 0.25) is 0 Å². The second kappa shape index (κ2) is 3.84. The Morgan fingerprint density at radius 3 is 3.00 bits per heavy atom. The number of fused-ring (bicyclic) bond motifs is 1. The van der Waals surface area contributed by atoms with E-state index in [1.165, 1.54) is 0 Å². The van der Waals surface area contributed by atoms with Crippen molar-refractivity contribution in [1.82, 2.24) is 19.7 Å². The summed E-state index contributed by atoms with van der Waals surface area (Å²) in [4.78, 5) is 16.1. The molecule has 0 amide bonds. The molecule has 0 radical (unpaired) electrons. The normalized spacial score (nSPS) is 11.1. The molecule has 2 heterocycles. The highest BCUT2D eigenvalue weighted by molar-refractivity contribution is 5.74. The first-order chi connectivity index (χ1) is 7.24. The second-order valence-electron chi connectivity index (χ2n) is 3.64. The van der Waals surface area contributed by atoms with Crippen LogP contribution < -0.4 is 5.56 Å².